The van der Waals surface area contributed by atoms with Crippen LogP contribution in [0.1, 0.15) is 18.1 Å². The summed E-state index contributed by atoms with van der Waals surface area (Å²) in [5.41, 5.74) is 2.71. The van der Waals surface area contributed by atoms with Crippen LogP contribution in [0.4, 0.5) is 5.69 Å². The Morgan fingerprint density at radius 1 is 1.21 bits per heavy atom. The van der Waals surface area contributed by atoms with Gasteiger partial charge in [0.05, 0.1) is 17.7 Å². The lowest BCUT2D eigenvalue weighted by atomic mass is 10.2. The molecule has 0 unspecified atom stereocenters. The van der Waals surface area contributed by atoms with Crippen molar-refractivity contribution >= 4 is 40.6 Å². The van der Waals surface area contributed by atoms with Crippen LogP contribution in [0.15, 0.2) is 52.4 Å². The second-order valence-electron chi connectivity index (χ2n) is 6.09. The summed E-state index contributed by atoms with van der Waals surface area (Å²) >= 11 is 1.25. The van der Waals surface area contributed by atoms with Crippen molar-refractivity contribution in [2.75, 3.05) is 13.7 Å². The monoisotopic (exact) mass is 412 g/mol. The Kier molecular flexibility index (Phi) is 6.56. The summed E-state index contributed by atoms with van der Waals surface area (Å²) < 4.78 is 10.4. The minimum atomic E-state index is -1.08. The molecule has 2 aromatic carbocycles. The van der Waals surface area contributed by atoms with E-state index in [1.165, 1.54) is 24.4 Å². The summed E-state index contributed by atoms with van der Waals surface area (Å²) in [5.74, 6) is -0.607. The van der Waals surface area contributed by atoms with Crippen molar-refractivity contribution in [3.8, 4) is 11.5 Å². The molecule has 1 fully saturated rings. The van der Waals surface area contributed by atoms with Crippen molar-refractivity contribution < 1.29 is 24.2 Å². The molecule has 0 saturated carbocycles. The normalized spacial score (nSPS) is 16.1. The molecule has 1 aliphatic rings. The van der Waals surface area contributed by atoms with Crippen molar-refractivity contribution in [1.82, 2.24) is 5.32 Å². The van der Waals surface area contributed by atoms with Crippen LogP contribution in [0.3, 0.4) is 0 Å². The van der Waals surface area contributed by atoms with E-state index in [2.05, 4.69) is 17.2 Å². The molecule has 8 heteroatoms. The zero-order valence-corrected chi connectivity index (χ0v) is 16.8. The molecular weight excluding hydrogens is 392 g/mol. The van der Waals surface area contributed by atoms with Crippen LogP contribution >= 0.6 is 11.8 Å². The highest BCUT2D eigenvalue weighted by atomic mass is 32.2. The molecule has 29 heavy (non-hydrogen) atoms. The standard InChI is InChI=1S/C21H20N2O5S/c1-3-13-4-7-15(8-5-13)22-21-23-20(26)18(29-21)11-14-6-9-16(17(10-14)27-2)28-12-19(24)25/h4-11H,3,12H2,1-2H3,(H,24,25)(H,22,23,26). The quantitative estimate of drug-likeness (QED) is 0.675. The van der Waals surface area contributed by atoms with Crippen LogP contribution < -0.4 is 14.8 Å². The van der Waals surface area contributed by atoms with Gasteiger partial charge in [0.25, 0.3) is 5.91 Å². The molecule has 0 atom stereocenters. The zero-order chi connectivity index (χ0) is 20.8. The predicted octanol–water partition coefficient (Wildman–Crippen LogP) is 3.61. The number of aliphatic carboxylic acids is 1. The Labute approximate surface area is 172 Å². The van der Waals surface area contributed by atoms with E-state index in [-0.39, 0.29) is 5.91 Å². The van der Waals surface area contributed by atoms with Crippen LogP contribution in [0.25, 0.3) is 6.08 Å². The molecule has 1 amide bonds. The summed E-state index contributed by atoms with van der Waals surface area (Å²) in [6.07, 6.45) is 2.67. The maximum Gasteiger partial charge on any atom is 0.341 e. The van der Waals surface area contributed by atoms with Crippen LogP contribution in [0.2, 0.25) is 0 Å². The molecule has 0 bridgehead atoms. The van der Waals surface area contributed by atoms with Gasteiger partial charge in [0.15, 0.2) is 23.3 Å². The number of thioether (sulfide) groups is 1. The topological polar surface area (TPSA) is 97.2 Å². The number of amides is 1. The molecule has 2 N–H and O–H groups in total. The molecule has 7 nitrogen and oxygen atoms in total. The fraction of sp³-hybridized carbons (Fsp3) is 0.190. The number of nitrogens with zero attached hydrogens (tertiary/aromatic N) is 1. The lowest BCUT2D eigenvalue weighted by Crippen LogP contribution is -2.19. The van der Waals surface area contributed by atoms with E-state index in [1.807, 2.05) is 24.3 Å². The highest BCUT2D eigenvalue weighted by Gasteiger charge is 2.24. The van der Waals surface area contributed by atoms with Gasteiger partial charge in [-0.25, -0.2) is 9.79 Å². The number of carboxylic acid groups (broad SMARTS) is 1. The van der Waals surface area contributed by atoms with Gasteiger partial charge in [-0.15, -0.1) is 0 Å². The summed E-state index contributed by atoms with van der Waals surface area (Å²) in [6.45, 7) is 1.62. The van der Waals surface area contributed by atoms with Crippen molar-refractivity contribution in [3.63, 3.8) is 0 Å². The number of aryl methyl sites for hydroxylation is 1. The highest BCUT2D eigenvalue weighted by Crippen LogP contribution is 2.32. The molecule has 0 spiro atoms. The van der Waals surface area contributed by atoms with E-state index >= 15 is 0 Å². The third-order valence-electron chi connectivity index (χ3n) is 4.06. The first kappa shape index (κ1) is 20.5. The number of carbonyl (C=O) groups is 2. The number of hydrogen-bond donors (Lipinski definition) is 2. The fourth-order valence-electron chi connectivity index (χ4n) is 2.59. The molecule has 3 rings (SSSR count). The number of benzene rings is 2. The number of carboxylic acids is 1. The smallest absolute Gasteiger partial charge is 0.341 e. The van der Waals surface area contributed by atoms with Crippen molar-refractivity contribution in [3.05, 3.63) is 58.5 Å². The molecular formula is C21H20N2O5S. The van der Waals surface area contributed by atoms with Gasteiger partial charge in [0.1, 0.15) is 0 Å². The highest BCUT2D eigenvalue weighted by molar-refractivity contribution is 8.18. The van der Waals surface area contributed by atoms with Crippen LogP contribution in [0.5, 0.6) is 11.5 Å². The van der Waals surface area contributed by atoms with Crippen LogP contribution in [-0.2, 0) is 16.0 Å². The van der Waals surface area contributed by atoms with Gasteiger partial charge in [-0.1, -0.05) is 25.1 Å². The molecule has 0 aromatic heterocycles. The summed E-state index contributed by atoms with van der Waals surface area (Å²) in [5, 5.41) is 12.0. The van der Waals surface area contributed by atoms with Crippen molar-refractivity contribution in [1.29, 1.82) is 0 Å². The molecule has 2 aromatic rings. The average Bonchev–Trinajstić information content (AvgIpc) is 3.06. The van der Waals surface area contributed by atoms with Gasteiger partial charge in [-0.05, 0) is 59.7 Å². The zero-order valence-electron chi connectivity index (χ0n) is 16.0. The number of rotatable bonds is 7. The van der Waals surface area contributed by atoms with E-state index in [0.29, 0.717) is 21.6 Å². The average molecular weight is 412 g/mol. The minimum absolute atomic E-state index is 0.232. The summed E-state index contributed by atoms with van der Waals surface area (Å²) in [7, 11) is 1.46. The van der Waals surface area contributed by atoms with Gasteiger partial charge < -0.3 is 19.9 Å². The number of carbonyl (C=O) groups excluding carboxylic acids is 1. The first-order valence-electron chi connectivity index (χ1n) is 8.89. The van der Waals surface area contributed by atoms with E-state index in [0.717, 1.165) is 17.7 Å². The van der Waals surface area contributed by atoms with Gasteiger partial charge in [0.2, 0.25) is 0 Å². The van der Waals surface area contributed by atoms with Crippen molar-refractivity contribution in [2.24, 2.45) is 4.99 Å². The van der Waals surface area contributed by atoms with Gasteiger partial charge in [-0.2, -0.15) is 0 Å². The molecule has 0 radical (unpaired) electrons. The maximum atomic E-state index is 12.3. The van der Waals surface area contributed by atoms with E-state index in [1.54, 1.807) is 24.3 Å². The Balaban J connectivity index is 1.76. The number of aliphatic imine (C=N–C) groups is 1. The summed E-state index contributed by atoms with van der Waals surface area (Å²) in [4.78, 5) is 27.9. The maximum absolute atomic E-state index is 12.3. The molecule has 150 valence electrons. The minimum Gasteiger partial charge on any atom is -0.493 e. The third-order valence-corrected chi connectivity index (χ3v) is 4.97. The fourth-order valence-corrected chi connectivity index (χ4v) is 3.43. The SMILES string of the molecule is CCc1ccc(N=C2NC(=O)C(=Cc3ccc(OCC(=O)O)c(OC)c3)S2)cc1. The lowest BCUT2D eigenvalue weighted by molar-refractivity contribution is -0.139. The lowest BCUT2D eigenvalue weighted by Gasteiger charge is -2.09. The number of ether oxygens (including phenoxy) is 2. The predicted molar refractivity (Wildman–Crippen MR) is 113 cm³/mol. The Morgan fingerprint density at radius 2 is 1.97 bits per heavy atom. The number of methoxy groups -OCH3 is 1. The van der Waals surface area contributed by atoms with Gasteiger partial charge in [0, 0.05) is 0 Å². The molecule has 0 aliphatic carbocycles. The number of amidine groups is 1. The number of hydrogen-bond acceptors (Lipinski definition) is 6. The third kappa shape index (κ3) is 5.39. The second-order valence-corrected chi connectivity index (χ2v) is 7.13. The Bertz CT molecular complexity index is 983. The van der Waals surface area contributed by atoms with E-state index in [4.69, 9.17) is 14.6 Å². The molecule has 1 aliphatic heterocycles. The van der Waals surface area contributed by atoms with Gasteiger partial charge >= 0.3 is 5.97 Å². The van der Waals surface area contributed by atoms with Crippen LogP contribution in [0, 0.1) is 0 Å². The van der Waals surface area contributed by atoms with Gasteiger partial charge in [-0.3, -0.25) is 4.79 Å². The number of nitrogens with one attached hydrogen (secondary N) is 1. The van der Waals surface area contributed by atoms with E-state index in [9.17, 15) is 9.59 Å². The summed E-state index contributed by atoms with van der Waals surface area (Å²) in [6, 6.07) is 12.9. The molecule has 1 heterocycles. The Morgan fingerprint density at radius 3 is 2.62 bits per heavy atom. The first-order valence-corrected chi connectivity index (χ1v) is 9.71. The van der Waals surface area contributed by atoms with Crippen molar-refractivity contribution in [2.45, 2.75) is 13.3 Å². The molecule has 1 saturated heterocycles. The largest absolute Gasteiger partial charge is 0.493 e. The van der Waals surface area contributed by atoms with E-state index < -0.39 is 12.6 Å². The van der Waals surface area contributed by atoms with Crippen LogP contribution in [-0.4, -0.2) is 35.9 Å². The Hall–Kier alpha value is -3.26. The second kappa shape index (κ2) is 9.29. The first-order chi connectivity index (χ1) is 14.0.